The summed E-state index contributed by atoms with van der Waals surface area (Å²) >= 11 is 12.5. The molecule has 6 heteroatoms. The maximum absolute atomic E-state index is 12.7. The molecule has 1 amide bonds. The van der Waals surface area contributed by atoms with Gasteiger partial charge >= 0.3 is 0 Å². The highest BCUT2D eigenvalue weighted by atomic mass is 35.5. The van der Waals surface area contributed by atoms with E-state index in [1.807, 2.05) is 49.4 Å². The second-order valence-corrected chi connectivity index (χ2v) is 8.53. The van der Waals surface area contributed by atoms with E-state index in [4.69, 9.17) is 32.4 Å². The van der Waals surface area contributed by atoms with Gasteiger partial charge in [-0.15, -0.1) is 0 Å². The fourth-order valence-electron chi connectivity index (χ4n) is 3.73. The standard InChI is InChI=1S/C27H23Cl2NO3/c1-4-17-5-8-19(9-6-17)30-27(31)11-16(2)21-13-22-23(15-33-26(22)14-25(21)32-3)20-10-7-18(28)12-24(20)29/h5-15H,4H2,1-3H3,(H,30,31)/b16-11+. The fraction of sp³-hybridized carbons (Fsp3) is 0.148. The molecule has 33 heavy (non-hydrogen) atoms. The Hall–Kier alpha value is -3.21. The first-order valence-corrected chi connectivity index (χ1v) is 11.3. The van der Waals surface area contributed by atoms with Crippen LogP contribution >= 0.6 is 23.2 Å². The molecule has 3 aromatic carbocycles. The number of halogens is 2. The van der Waals surface area contributed by atoms with Gasteiger partial charge in [-0.2, -0.15) is 0 Å². The zero-order chi connectivity index (χ0) is 23.5. The van der Waals surface area contributed by atoms with Crippen molar-refractivity contribution >= 4 is 51.3 Å². The van der Waals surface area contributed by atoms with Crippen molar-refractivity contribution in [2.45, 2.75) is 20.3 Å². The number of hydrogen-bond donors (Lipinski definition) is 1. The van der Waals surface area contributed by atoms with Crippen LogP contribution in [0.5, 0.6) is 5.75 Å². The Morgan fingerprint density at radius 1 is 1.06 bits per heavy atom. The van der Waals surface area contributed by atoms with Crippen LogP contribution in [0.1, 0.15) is 25.0 Å². The van der Waals surface area contributed by atoms with E-state index in [2.05, 4.69) is 12.2 Å². The van der Waals surface area contributed by atoms with E-state index in [9.17, 15) is 4.79 Å². The smallest absolute Gasteiger partial charge is 0.248 e. The monoisotopic (exact) mass is 479 g/mol. The maximum atomic E-state index is 12.7. The van der Waals surface area contributed by atoms with E-state index in [-0.39, 0.29) is 5.91 Å². The van der Waals surface area contributed by atoms with Gasteiger partial charge in [0.05, 0.1) is 18.4 Å². The minimum absolute atomic E-state index is 0.216. The largest absolute Gasteiger partial charge is 0.496 e. The molecule has 1 N–H and O–H groups in total. The number of hydrogen-bond acceptors (Lipinski definition) is 3. The average molecular weight is 480 g/mol. The Morgan fingerprint density at radius 2 is 1.82 bits per heavy atom. The average Bonchev–Trinajstić information content (AvgIpc) is 3.21. The minimum Gasteiger partial charge on any atom is -0.496 e. The summed E-state index contributed by atoms with van der Waals surface area (Å²) in [5, 5.41) is 4.86. The van der Waals surface area contributed by atoms with Gasteiger partial charge in [0.25, 0.3) is 0 Å². The van der Waals surface area contributed by atoms with Crippen molar-refractivity contribution in [3.8, 4) is 16.9 Å². The number of anilines is 1. The van der Waals surface area contributed by atoms with E-state index in [1.165, 1.54) is 5.56 Å². The molecule has 4 aromatic rings. The number of carbonyl (C=O) groups excluding carboxylic acids is 1. The summed E-state index contributed by atoms with van der Waals surface area (Å²) in [5.74, 6) is 0.395. The topological polar surface area (TPSA) is 51.5 Å². The highest BCUT2D eigenvalue weighted by molar-refractivity contribution is 6.36. The third-order valence-corrected chi connectivity index (χ3v) is 6.07. The van der Waals surface area contributed by atoms with Crippen molar-refractivity contribution in [1.82, 2.24) is 0 Å². The second-order valence-electron chi connectivity index (χ2n) is 7.69. The lowest BCUT2D eigenvalue weighted by molar-refractivity contribution is -0.111. The number of carbonyl (C=O) groups is 1. The Bertz CT molecular complexity index is 1350. The van der Waals surface area contributed by atoms with Gasteiger partial charge in [-0.25, -0.2) is 0 Å². The highest BCUT2D eigenvalue weighted by Gasteiger charge is 2.16. The van der Waals surface area contributed by atoms with Gasteiger partial charge < -0.3 is 14.5 Å². The van der Waals surface area contributed by atoms with Crippen LogP contribution < -0.4 is 10.1 Å². The zero-order valence-corrected chi connectivity index (χ0v) is 20.1. The Kier molecular flexibility index (Phi) is 6.77. The number of fused-ring (bicyclic) bond motifs is 1. The molecular formula is C27H23Cl2NO3. The van der Waals surface area contributed by atoms with Crippen molar-refractivity contribution in [2.24, 2.45) is 0 Å². The molecular weight excluding hydrogens is 457 g/mol. The number of amides is 1. The number of allylic oxidation sites excluding steroid dienone is 1. The first-order chi connectivity index (χ1) is 15.9. The van der Waals surface area contributed by atoms with Gasteiger partial charge in [0.2, 0.25) is 5.91 Å². The summed E-state index contributed by atoms with van der Waals surface area (Å²) in [5.41, 5.74) is 5.81. The predicted molar refractivity (Wildman–Crippen MR) is 136 cm³/mol. The molecule has 4 rings (SSSR count). The van der Waals surface area contributed by atoms with Crippen LogP contribution in [0.4, 0.5) is 5.69 Å². The summed E-state index contributed by atoms with van der Waals surface area (Å²) in [7, 11) is 1.59. The lowest BCUT2D eigenvalue weighted by Crippen LogP contribution is -2.08. The SMILES string of the molecule is CCc1ccc(NC(=O)/C=C(\C)c2cc3c(-c4ccc(Cl)cc4Cl)coc3cc2OC)cc1. The van der Waals surface area contributed by atoms with E-state index in [1.54, 1.807) is 31.6 Å². The highest BCUT2D eigenvalue weighted by Crippen LogP contribution is 2.40. The number of benzene rings is 3. The minimum atomic E-state index is -0.216. The second kappa shape index (κ2) is 9.74. The predicted octanol–water partition coefficient (Wildman–Crippen LogP) is 8.02. The number of aryl methyl sites for hydroxylation is 1. The number of ether oxygens (including phenoxy) is 1. The molecule has 0 atom stereocenters. The third-order valence-electron chi connectivity index (χ3n) is 5.52. The van der Waals surface area contributed by atoms with Crippen LogP contribution in [0.3, 0.4) is 0 Å². The van der Waals surface area contributed by atoms with Gasteiger partial charge in [-0.05, 0) is 54.8 Å². The summed E-state index contributed by atoms with van der Waals surface area (Å²) in [4.78, 5) is 12.7. The van der Waals surface area contributed by atoms with Crippen LogP contribution in [-0.4, -0.2) is 13.0 Å². The molecule has 0 radical (unpaired) electrons. The molecule has 1 aromatic heterocycles. The third kappa shape index (κ3) is 4.92. The van der Waals surface area contributed by atoms with Crippen molar-refractivity contribution in [3.05, 3.63) is 88.1 Å². The summed E-state index contributed by atoms with van der Waals surface area (Å²) < 4.78 is 11.4. The van der Waals surface area contributed by atoms with Crippen LogP contribution in [0.2, 0.25) is 10.0 Å². The molecule has 0 spiro atoms. The quantitative estimate of drug-likeness (QED) is 0.284. The Balaban J connectivity index is 1.69. The number of nitrogens with one attached hydrogen (secondary N) is 1. The van der Waals surface area contributed by atoms with E-state index in [0.29, 0.717) is 21.4 Å². The zero-order valence-electron chi connectivity index (χ0n) is 18.5. The van der Waals surface area contributed by atoms with Crippen LogP contribution in [0, 0.1) is 0 Å². The molecule has 0 saturated heterocycles. The normalized spacial score (nSPS) is 11.6. The molecule has 4 nitrogen and oxygen atoms in total. The summed E-state index contributed by atoms with van der Waals surface area (Å²) in [6, 6.07) is 16.9. The molecule has 168 valence electrons. The van der Waals surface area contributed by atoms with E-state index in [0.717, 1.165) is 39.8 Å². The van der Waals surface area contributed by atoms with E-state index >= 15 is 0 Å². The Labute approximate surface area is 202 Å². The van der Waals surface area contributed by atoms with Gasteiger partial charge in [0, 0.05) is 44.9 Å². The molecule has 0 bridgehead atoms. The Morgan fingerprint density at radius 3 is 2.48 bits per heavy atom. The molecule has 0 unspecified atom stereocenters. The maximum Gasteiger partial charge on any atom is 0.248 e. The van der Waals surface area contributed by atoms with Gasteiger partial charge in [0.1, 0.15) is 11.3 Å². The molecule has 0 aliphatic rings. The van der Waals surface area contributed by atoms with E-state index < -0.39 is 0 Å². The van der Waals surface area contributed by atoms with Gasteiger partial charge in [-0.3, -0.25) is 4.79 Å². The molecule has 1 heterocycles. The first-order valence-electron chi connectivity index (χ1n) is 10.5. The first kappa shape index (κ1) is 23.0. The number of methoxy groups -OCH3 is 1. The van der Waals surface area contributed by atoms with Crippen LogP contribution in [0.25, 0.3) is 27.7 Å². The molecule has 0 aliphatic carbocycles. The van der Waals surface area contributed by atoms with Crippen molar-refractivity contribution in [3.63, 3.8) is 0 Å². The van der Waals surface area contributed by atoms with Gasteiger partial charge in [0.15, 0.2) is 0 Å². The lowest BCUT2D eigenvalue weighted by Gasteiger charge is -2.11. The molecule has 0 fully saturated rings. The van der Waals surface area contributed by atoms with Gasteiger partial charge in [-0.1, -0.05) is 48.3 Å². The summed E-state index contributed by atoms with van der Waals surface area (Å²) in [6.07, 6.45) is 4.17. The van der Waals surface area contributed by atoms with Crippen molar-refractivity contribution < 1.29 is 13.9 Å². The number of rotatable bonds is 6. The molecule has 0 saturated carbocycles. The van der Waals surface area contributed by atoms with Crippen LogP contribution in [-0.2, 0) is 11.2 Å². The van der Waals surface area contributed by atoms with Crippen molar-refractivity contribution in [2.75, 3.05) is 12.4 Å². The van der Waals surface area contributed by atoms with Crippen molar-refractivity contribution in [1.29, 1.82) is 0 Å². The lowest BCUT2D eigenvalue weighted by atomic mass is 9.99. The van der Waals surface area contributed by atoms with Crippen LogP contribution in [0.15, 0.2) is 71.4 Å². The number of furan rings is 1. The summed E-state index contributed by atoms with van der Waals surface area (Å²) in [6.45, 7) is 3.97. The molecule has 0 aliphatic heterocycles. The fourth-order valence-corrected chi connectivity index (χ4v) is 4.24.